The van der Waals surface area contributed by atoms with Crippen molar-refractivity contribution in [1.29, 1.82) is 0 Å². The quantitative estimate of drug-likeness (QED) is 0.509. The lowest BCUT2D eigenvalue weighted by molar-refractivity contribution is -0.131. The Labute approximate surface area is 190 Å². The van der Waals surface area contributed by atoms with Crippen LogP contribution in [0.25, 0.3) is 22.4 Å². The summed E-state index contributed by atoms with van der Waals surface area (Å²) in [6.07, 6.45) is 1.45. The summed E-state index contributed by atoms with van der Waals surface area (Å²) in [5.41, 5.74) is 2.09. The second-order valence-corrected chi connectivity index (χ2v) is 8.05. The van der Waals surface area contributed by atoms with Gasteiger partial charge in [-0.15, -0.1) is 0 Å². The van der Waals surface area contributed by atoms with E-state index < -0.39 is 0 Å². The van der Waals surface area contributed by atoms with E-state index in [4.69, 9.17) is 4.52 Å². The molecule has 1 aliphatic rings. The number of piperidine rings is 1. The van der Waals surface area contributed by atoms with E-state index >= 15 is 0 Å². The Morgan fingerprint density at radius 1 is 0.939 bits per heavy atom. The lowest BCUT2D eigenvalue weighted by atomic mass is 9.96. The van der Waals surface area contributed by atoms with Gasteiger partial charge in [0.25, 0.3) is 5.91 Å². The maximum Gasteiger partial charge on any atom is 0.251 e. The third-order valence-corrected chi connectivity index (χ3v) is 5.90. The highest BCUT2D eigenvalue weighted by atomic mass is 16.5. The fourth-order valence-electron chi connectivity index (χ4n) is 4.03. The van der Waals surface area contributed by atoms with Gasteiger partial charge < -0.3 is 14.7 Å². The van der Waals surface area contributed by atoms with E-state index in [1.807, 2.05) is 42.5 Å². The molecule has 0 bridgehead atoms. The van der Waals surface area contributed by atoms with Crippen molar-refractivity contribution in [3.8, 4) is 11.5 Å². The largest absolute Gasteiger partial charge is 0.343 e. The van der Waals surface area contributed by atoms with Gasteiger partial charge in [0.15, 0.2) is 0 Å². The van der Waals surface area contributed by atoms with E-state index in [9.17, 15) is 9.59 Å². The van der Waals surface area contributed by atoms with Crippen LogP contribution in [0.5, 0.6) is 0 Å². The molecule has 1 aliphatic heterocycles. The first-order valence-electron chi connectivity index (χ1n) is 11.0. The second kappa shape index (κ2) is 9.20. The van der Waals surface area contributed by atoms with Crippen molar-refractivity contribution in [1.82, 2.24) is 25.3 Å². The zero-order chi connectivity index (χ0) is 22.6. The summed E-state index contributed by atoms with van der Waals surface area (Å²) in [5.74, 6) is 0.792. The van der Waals surface area contributed by atoms with Gasteiger partial charge in [-0.2, -0.15) is 4.98 Å². The highest BCUT2D eigenvalue weighted by Gasteiger charge is 2.28. The molecule has 2 amide bonds. The summed E-state index contributed by atoms with van der Waals surface area (Å²) in [7, 11) is 0. The first-order chi connectivity index (χ1) is 16.2. The molecule has 1 N–H and O–H groups in total. The summed E-state index contributed by atoms with van der Waals surface area (Å²) in [6.45, 7) is 1.14. The minimum atomic E-state index is -0.250. The molecule has 1 saturated heterocycles. The number of hydrogen-bond donors (Lipinski definition) is 1. The number of rotatable bonds is 5. The predicted octanol–water partition coefficient (Wildman–Crippen LogP) is 3.42. The van der Waals surface area contributed by atoms with E-state index in [0.717, 1.165) is 23.7 Å². The number of carbonyl (C=O) groups is 2. The summed E-state index contributed by atoms with van der Waals surface area (Å²) in [5, 5.41) is 7.88. The number of fused-ring (bicyclic) bond motifs is 1. The average Bonchev–Trinajstić information content (AvgIpc) is 3.38. The average molecular weight is 441 g/mol. The molecule has 0 aliphatic carbocycles. The zero-order valence-electron chi connectivity index (χ0n) is 18.0. The predicted molar refractivity (Wildman–Crippen MR) is 122 cm³/mol. The molecule has 5 rings (SSSR count). The van der Waals surface area contributed by atoms with Crippen molar-refractivity contribution < 1.29 is 14.1 Å². The number of hydrogen-bond acceptors (Lipinski definition) is 6. The standard InChI is InChI=1S/C25H23N5O3/c31-22(16-26-24(32)18-7-2-1-3-8-18)30-14-12-19(13-15-30)25-28-23(29-33-25)21-11-10-17-6-4-5-9-20(17)27-21/h1-11,19H,12-16H2,(H,26,32). The number of amides is 2. The van der Waals surface area contributed by atoms with Gasteiger partial charge in [0.2, 0.25) is 17.6 Å². The Morgan fingerprint density at radius 3 is 2.52 bits per heavy atom. The molecule has 166 valence electrons. The number of aromatic nitrogens is 3. The number of benzene rings is 2. The van der Waals surface area contributed by atoms with Crippen LogP contribution in [-0.2, 0) is 4.79 Å². The number of likely N-dealkylation sites (tertiary alicyclic amines) is 1. The summed E-state index contributed by atoms with van der Waals surface area (Å²) in [4.78, 5) is 35.6. The minimum Gasteiger partial charge on any atom is -0.343 e. The van der Waals surface area contributed by atoms with Gasteiger partial charge in [-0.3, -0.25) is 9.59 Å². The molecule has 0 unspecified atom stereocenters. The minimum absolute atomic E-state index is 0.0171. The summed E-state index contributed by atoms with van der Waals surface area (Å²) < 4.78 is 5.53. The highest BCUT2D eigenvalue weighted by molar-refractivity contribution is 5.96. The van der Waals surface area contributed by atoms with Gasteiger partial charge >= 0.3 is 0 Å². The van der Waals surface area contributed by atoms with Crippen LogP contribution in [0.2, 0.25) is 0 Å². The molecular weight excluding hydrogens is 418 g/mol. The first kappa shape index (κ1) is 20.8. The van der Waals surface area contributed by atoms with E-state index in [1.54, 1.807) is 29.2 Å². The highest BCUT2D eigenvalue weighted by Crippen LogP contribution is 2.28. The summed E-state index contributed by atoms with van der Waals surface area (Å²) in [6, 6.07) is 20.6. The van der Waals surface area contributed by atoms with Gasteiger partial charge in [-0.05, 0) is 37.1 Å². The zero-order valence-corrected chi connectivity index (χ0v) is 18.0. The Kier molecular flexibility index (Phi) is 5.80. The molecule has 4 aromatic rings. The number of nitrogens with zero attached hydrogens (tertiary/aromatic N) is 4. The van der Waals surface area contributed by atoms with Gasteiger partial charge in [-0.25, -0.2) is 4.98 Å². The molecule has 33 heavy (non-hydrogen) atoms. The third-order valence-electron chi connectivity index (χ3n) is 5.90. The van der Waals surface area contributed by atoms with Crippen molar-refractivity contribution in [2.45, 2.75) is 18.8 Å². The maximum absolute atomic E-state index is 12.5. The molecule has 0 atom stereocenters. The van der Waals surface area contributed by atoms with Crippen molar-refractivity contribution in [2.75, 3.05) is 19.6 Å². The van der Waals surface area contributed by atoms with Gasteiger partial charge in [0.05, 0.1) is 12.1 Å². The number of carbonyl (C=O) groups excluding carboxylic acids is 2. The van der Waals surface area contributed by atoms with Crippen molar-refractivity contribution in [3.05, 3.63) is 78.2 Å². The number of para-hydroxylation sites is 1. The maximum atomic E-state index is 12.5. The monoisotopic (exact) mass is 441 g/mol. The van der Waals surface area contributed by atoms with Crippen LogP contribution < -0.4 is 5.32 Å². The van der Waals surface area contributed by atoms with Gasteiger partial charge in [0, 0.05) is 30.0 Å². The van der Waals surface area contributed by atoms with E-state index in [0.29, 0.717) is 36.1 Å². The molecule has 8 heteroatoms. The van der Waals surface area contributed by atoms with Crippen molar-refractivity contribution >= 4 is 22.7 Å². The van der Waals surface area contributed by atoms with E-state index in [1.165, 1.54) is 0 Å². The van der Waals surface area contributed by atoms with Crippen LogP contribution in [-0.4, -0.2) is 51.5 Å². The normalized spacial score (nSPS) is 14.4. The van der Waals surface area contributed by atoms with Crippen LogP contribution >= 0.6 is 0 Å². The number of nitrogens with one attached hydrogen (secondary N) is 1. The van der Waals surface area contributed by atoms with Crippen LogP contribution in [0.3, 0.4) is 0 Å². The lowest BCUT2D eigenvalue weighted by Gasteiger charge is -2.30. The molecule has 0 radical (unpaired) electrons. The summed E-state index contributed by atoms with van der Waals surface area (Å²) >= 11 is 0. The van der Waals surface area contributed by atoms with E-state index in [2.05, 4.69) is 20.4 Å². The smallest absolute Gasteiger partial charge is 0.251 e. The first-order valence-corrected chi connectivity index (χ1v) is 11.0. The lowest BCUT2D eigenvalue weighted by Crippen LogP contribution is -2.43. The number of pyridine rings is 1. The van der Waals surface area contributed by atoms with Crippen molar-refractivity contribution in [3.63, 3.8) is 0 Å². The Hall–Kier alpha value is -4.07. The van der Waals surface area contributed by atoms with Gasteiger partial charge in [-0.1, -0.05) is 47.6 Å². The van der Waals surface area contributed by atoms with Crippen LogP contribution in [0.15, 0.2) is 71.3 Å². The SMILES string of the molecule is O=C(NCC(=O)N1CCC(c2nc(-c3ccc4ccccc4n3)no2)CC1)c1ccccc1. The van der Waals surface area contributed by atoms with E-state index in [-0.39, 0.29) is 24.3 Å². The molecule has 1 fully saturated rings. The Morgan fingerprint density at radius 2 is 1.70 bits per heavy atom. The molecule has 8 nitrogen and oxygen atoms in total. The third kappa shape index (κ3) is 4.59. The molecular formula is C25H23N5O3. The Bertz CT molecular complexity index is 1280. The fraction of sp³-hybridized carbons (Fsp3) is 0.240. The molecule has 0 spiro atoms. The molecule has 2 aromatic heterocycles. The topological polar surface area (TPSA) is 101 Å². The molecule has 3 heterocycles. The van der Waals surface area contributed by atoms with Gasteiger partial charge in [0.1, 0.15) is 5.69 Å². The fourth-order valence-corrected chi connectivity index (χ4v) is 4.03. The van der Waals surface area contributed by atoms with Crippen LogP contribution in [0, 0.1) is 0 Å². The van der Waals surface area contributed by atoms with Crippen LogP contribution in [0.1, 0.15) is 35.0 Å². The second-order valence-electron chi connectivity index (χ2n) is 8.05. The van der Waals surface area contributed by atoms with Crippen molar-refractivity contribution in [2.24, 2.45) is 0 Å². The molecule has 0 saturated carbocycles. The van der Waals surface area contributed by atoms with Crippen LogP contribution in [0.4, 0.5) is 0 Å². The molecule has 2 aromatic carbocycles. The Balaban J connectivity index is 1.16.